The number of aliphatic carboxylic acids is 1. The van der Waals surface area contributed by atoms with Crippen LogP contribution in [0, 0.1) is 0 Å². The van der Waals surface area contributed by atoms with Crippen molar-refractivity contribution >= 4 is 11.7 Å². The van der Waals surface area contributed by atoms with Gasteiger partial charge in [0.25, 0.3) is 0 Å². The van der Waals surface area contributed by atoms with E-state index in [1.165, 1.54) is 12.1 Å². The molecule has 0 bridgehead atoms. The summed E-state index contributed by atoms with van der Waals surface area (Å²) < 4.78 is 0. The van der Waals surface area contributed by atoms with Crippen LogP contribution in [0.2, 0.25) is 0 Å². The van der Waals surface area contributed by atoms with Gasteiger partial charge in [0, 0.05) is 5.69 Å². The fourth-order valence-electron chi connectivity index (χ4n) is 0.869. The predicted octanol–water partition coefficient (Wildman–Crippen LogP) is 1.28. The molecule has 0 aliphatic heterocycles. The molecule has 0 fully saturated rings. The second kappa shape index (κ2) is 3.80. The van der Waals surface area contributed by atoms with Crippen LogP contribution in [0.25, 0.3) is 0 Å². The van der Waals surface area contributed by atoms with Gasteiger partial charge in [-0.2, -0.15) is 0 Å². The van der Waals surface area contributed by atoms with Crippen LogP contribution in [0.3, 0.4) is 0 Å². The van der Waals surface area contributed by atoms with E-state index in [0.717, 1.165) is 0 Å². The van der Waals surface area contributed by atoms with Crippen LogP contribution >= 0.6 is 0 Å². The molecule has 0 amide bonds. The molecular weight excluding hydrogens is 170 g/mol. The number of carboxylic acids is 1. The van der Waals surface area contributed by atoms with Gasteiger partial charge in [0.15, 0.2) is 0 Å². The average Bonchev–Trinajstić information content (AvgIpc) is 2.08. The normalized spacial score (nSPS) is 12.1. The second-order valence-electron chi connectivity index (χ2n) is 2.75. The van der Waals surface area contributed by atoms with Gasteiger partial charge in [-0.05, 0) is 31.2 Å². The molecule has 0 aromatic heterocycles. The topological polar surface area (TPSA) is 69.6 Å². The third-order valence-corrected chi connectivity index (χ3v) is 1.62. The van der Waals surface area contributed by atoms with Crippen molar-refractivity contribution in [2.75, 3.05) is 5.32 Å². The Balaban J connectivity index is 2.64. The number of phenols is 1. The van der Waals surface area contributed by atoms with Crippen molar-refractivity contribution in [3.05, 3.63) is 24.3 Å². The number of rotatable bonds is 3. The van der Waals surface area contributed by atoms with Crippen molar-refractivity contribution in [2.24, 2.45) is 0 Å². The summed E-state index contributed by atoms with van der Waals surface area (Å²) in [6, 6.07) is 5.60. The highest BCUT2D eigenvalue weighted by molar-refractivity contribution is 5.76. The molecule has 1 unspecified atom stereocenters. The molecule has 1 aromatic rings. The first-order chi connectivity index (χ1) is 6.09. The van der Waals surface area contributed by atoms with E-state index < -0.39 is 12.0 Å². The minimum Gasteiger partial charge on any atom is -0.508 e. The molecular formula is C9H11NO3. The molecule has 3 N–H and O–H groups in total. The third kappa shape index (κ3) is 2.66. The van der Waals surface area contributed by atoms with Crippen LogP contribution in [0.1, 0.15) is 6.92 Å². The first-order valence-corrected chi connectivity index (χ1v) is 3.88. The standard InChI is InChI=1S/C9H11NO3/c1-6(9(12)13)10-7-2-4-8(11)5-3-7/h2-6,10-11H,1H3,(H,12,13). The fraction of sp³-hybridized carbons (Fsp3) is 0.222. The largest absolute Gasteiger partial charge is 0.508 e. The molecule has 0 aliphatic rings. The van der Waals surface area contributed by atoms with Crippen LogP contribution in [-0.2, 0) is 4.79 Å². The lowest BCUT2D eigenvalue weighted by atomic mass is 10.2. The molecule has 0 spiro atoms. The molecule has 70 valence electrons. The molecule has 0 radical (unpaired) electrons. The molecule has 4 nitrogen and oxygen atoms in total. The Bertz CT molecular complexity index is 294. The predicted molar refractivity (Wildman–Crippen MR) is 48.8 cm³/mol. The summed E-state index contributed by atoms with van der Waals surface area (Å²) in [6.45, 7) is 1.55. The Labute approximate surface area is 75.8 Å². The van der Waals surface area contributed by atoms with Gasteiger partial charge in [-0.1, -0.05) is 0 Å². The van der Waals surface area contributed by atoms with Gasteiger partial charge in [0.05, 0.1) is 0 Å². The number of benzene rings is 1. The van der Waals surface area contributed by atoms with Crippen LogP contribution in [0.15, 0.2) is 24.3 Å². The van der Waals surface area contributed by atoms with E-state index in [-0.39, 0.29) is 5.75 Å². The van der Waals surface area contributed by atoms with E-state index in [9.17, 15) is 4.79 Å². The minimum atomic E-state index is -0.909. The maximum atomic E-state index is 10.5. The van der Waals surface area contributed by atoms with Gasteiger partial charge >= 0.3 is 5.97 Å². The van der Waals surface area contributed by atoms with E-state index in [1.54, 1.807) is 19.1 Å². The number of nitrogens with one attached hydrogen (secondary N) is 1. The maximum Gasteiger partial charge on any atom is 0.325 e. The van der Waals surface area contributed by atoms with Crippen LogP contribution in [0.4, 0.5) is 5.69 Å². The summed E-state index contributed by atoms with van der Waals surface area (Å²) >= 11 is 0. The van der Waals surface area contributed by atoms with E-state index in [4.69, 9.17) is 10.2 Å². The number of carbonyl (C=O) groups is 1. The van der Waals surface area contributed by atoms with Crippen molar-refractivity contribution in [3.63, 3.8) is 0 Å². The molecule has 0 saturated carbocycles. The zero-order chi connectivity index (χ0) is 9.84. The van der Waals surface area contributed by atoms with Crippen molar-refractivity contribution < 1.29 is 15.0 Å². The van der Waals surface area contributed by atoms with Crippen LogP contribution < -0.4 is 5.32 Å². The lowest BCUT2D eigenvalue weighted by molar-refractivity contribution is -0.137. The molecule has 0 saturated heterocycles. The van der Waals surface area contributed by atoms with Gasteiger partial charge in [-0.25, -0.2) is 0 Å². The number of aromatic hydroxyl groups is 1. The van der Waals surface area contributed by atoms with E-state index in [1.807, 2.05) is 0 Å². The average molecular weight is 181 g/mol. The quantitative estimate of drug-likeness (QED) is 0.614. The highest BCUT2D eigenvalue weighted by Crippen LogP contribution is 2.14. The van der Waals surface area contributed by atoms with Gasteiger partial charge < -0.3 is 15.5 Å². The van der Waals surface area contributed by atoms with Crippen molar-refractivity contribution in [2.45, 2.75) is 13.0 Å². The maximum absolute atomic E-state index is 10.5. The summed E-state index contributed by atoms with van der Waals surface area (Å²) in [7, 11) is 0. The molecule has 1 aromatic carbocycles. The van der Waals surface area contributed by atoms with Crippen LogP contribution in [-0.4, -0.2) is 22.2 Å². The van der Waals surface area contributed by atoms with Gasteiger partial charge in [0.2, 0.25) is 0 Å². The lowest BCUT2D eigenvalue weighted by Gasteiger charge is -2.09. The monoisotopic (exact) mass is 181 g/mol. The smallest absolute Gasteiger partial charge is 0.325 e. The number of hydrogen-bond acceptors (Lipinski definition) is 3. The Morgan fingerprint density at radius 3 is 2.38 bits per heavy atom. The van der Waals surface area contributed by atoms with Gasteiger partial charge in [-0.15, -0.1) is 0 Å². The molecule has 1 rings (SSSR count). The Morgan fingerprint density at radius 2 is 1.92 bits per heavy atom. The first-order valence-electron chi connectivity index (χ1n) is 3.88. The summed E-state index contributed by atoms with van der Waals surface area (Å²) in [5, 5.41) is 20.3. The number of hydrogen-bond donors (Lipinski definition) is 3. The molecule has 4 heteroatoms. The number of carboxylic acid groups (broad SMARTS) is 1. The van der Waals surface area contributed by atoms with E-state index in [0.29, 0.717) is 5.69 Å². The minimum absolute atomic E-state index is 0.161. The van der Waals surface area contributed by atoms with Crippen molar-refractivity contribution in [1.82, 2.24) is 0 Å². The highest BCUT2D eigenvalue weighted by Gasteiger charge is 2.09. The van der Waals surface area contributed by atoms with Crippen molar-refractivity contribution in [1.29, 1.82) is 0 Å². The Kier molecular flexibility index (Phi) is 2.74. The second-order valence-corrected chi connectivity index (χ2v) is 2.75. The van der Waals surface area contributed by atoms with Gasteiger partial charge in [0.1, 0.15) is 11.8 Å². The summed E-state index contributed by atoms with van der Waals surface area (Å²) in [4.78, 5) is 10.5. The SMILES string of the molecule is CC(Nc1ccc(O)cc1)C(=O)O. The van der Waals surface area contributed by atoms with Crippen LogP contribution in [0.5, 0.6) is 5.75 Å². The van der Waals surface area contributed by atoms with E-state index >= 15 is 0 Å². The summed E-state index contributed by atoms with van der Waals surface area (Å²) in [5.41, 5.74) is 0.674. The molecule has 0 heterocycles. The zero-order valence-electron chi connectivity index (χ0n) is 7.19. The van der Waals surface area contributed by atoms with E-state index in [2.05, 4.69) is 5.32 Å². The summed E-state index contributed by atoms with van der Waals surface area (Å²) in [6.07, 6.45) is 0. The summed E-state index contributed by atoms with van der Waals surface area (Å²) in [5.74, 6) is -0.749. The fourth-order valence-corrected chi connectivity index (χ4v) is 0.869. The lowest BCUT2D eigenvalue weighted by Crippen LogP contribution is -2.25. The van der Waals surface area contributed by atoms with Crippen molar-refractivity contribution in [3.8, 4) is 5.75 Å². The molecule has 1 atom stereocenters. The number of anilines is 1. The highest BCUT2D eigenvalue weighted by atomic mass is 16.4. The first kappa shape index (κ1) is 9.38. The molecule has 13 heavy (non-hydrogen) atoms. The number of phenolic OH excluding ortho intramolecular Hbond substituents is 1. The zero-order valence-corrected chi connectivity index (χ0v) is 7.19. The Morgan fingerprint density at radius 1 is 1.38 bits per heavy atom. The third-order valence-electron chi connectivity index (χ3n) is 1.62. The Hall–Kier alpha value is -1.71. The molecule has 0 aliphatic carbocycles. The van der Waals surface area contributed by atoms with Gasteiger partial charge in [-0.3, -0.25) is 4.79 Å².